The molecule has 0 unspecified atom stereocenters. The Balaban J connectivity index is 2.05. The molecule has 2 atom stereocenters. The number of carbonyl (C=O) groups is 2. The van der Waals surface area contributed by atoms with Gasteiger partial charge in [-0.15, -0.1) is 4.31 Å². The van der Waals surface area contributed by atoms with E-state index in [1.165, 1.54) is 43.5 Å². The minimum Gasteiger partial charge on any atom is -0.497 e. The van der Waals surface area contributed by atoms with Gasteiger partial charge in [-0.1, -0.05) is 29.8 Å². The zero-order chi connectivity index (χ0) is 29.2. The van der Waals surface area contributed by atoms with Gasteiger partial charge in [-0.05, 0) is 54.4 Å². The summed E-state index contributed by atoms with van der Waals surface area (Å²) in [4.78, 5) is 37.8. The molecule has 0 radical (unpaired) electrons. The highest BCUT2D eigenvalue weighted by atomic mass is 32.2. The summed E-state index contributed by atoms with van der Waals surface area (Å²) >= 11 is 0. The maximum absolute atomic E-state index is 14.3. The number of ether oxygens (including phenoxy) is 4. The Morgan fingerprint density at radius 3 is 1.88 bits per heavy atom. The van der Waals surface area contributed by atoms with E-state index >= 15 is 0 Å². The molecule has 0 spiro atoms. The van der Waals surface area contributed by atoms with Crippen LogP contribution < -0.4 is 4.74 Å². The molecule has 0 saturated carbocycles. The molecule has 3 aromatic rings. The van der Waals surface area contributed by atoms with E-state index in [0.29, 0.717) is 10.1 Å². The van der Waals surface area contributed by atoms with Gasteiger partial charge >= 0.3 is 11.9 Å². The van der Waals surface area contributed by atoms with E-state index in [4.69, 9.17) is 18.9 Å². The van der Waals surface area contributed by atoms with Gasteiger partial charge < -0.3 is 18.9 Å². The number of nitrogens with zero attached hydrogens (tertiary/aromatic N) is 2. The van der Waals surface area contributed by atoms with Gasteiger partial charge in [0.2, 0.25) is 10.0 Å². The first kappa shape index (κ1) is 28.7. The van der Waals surface area contributed by atoms with Gasteiger partial charge in [-0.2, -0.15) is 0 Å². The van der Waals surface area contributed by atoms with Crippen molar-refractivity contribution in [1.82, 2.24) is 4.31 Å². The number of non-ortho nitro benzene ring substituents is 1. The molecule has 0 aliphatic carbocycles. The Morgan fingerprint density at radius 2 is 1.40 bits per heavy atom. The molecule has 210 valence electrons. The van der Waals surface area contributed by atoms with Crippen LogP contribution in [0, 0.1) is 17.0 Å². The second-order valence-corrected chi connectivity index (χ2v) is 10.7. The maximum Gasteiger partial charge on any atom is 0.342 e. The summed E-state index contributed by atoms with van der Waals surface area (Å²) in [6.07, 6.45) is -3.16. The first-order valence-corrected chi connectivity index (χ1v) is 13.3. The van der Waals surface area contributed by atoms with Crippen LogP contribution in [0.3, 0.4) is 0 Å². The molecule has 1 aliphatic rings. The van der Waals surface area contributed by atoms with E-state index in [1.807, 2.05) is 0 Å². The lowest BCUT2D eigenvalue weighted by Gasteiger charge is -2.35. The molecule has 1 saturated heterocycles. The van der Waals surface area contributed by atoms with E-state index in [2.05, 4.69) is 0 Å². The third-order valence-electron chi connectivity index (χ3n) is 6.58. The third kappa shape index (κ3) is 4.68. The van der Waals surface area contributed by atoms with Crippen molar-refractivity contribution in [2.24, 2.45) is 0 Å². The largest absolute Gasteiger partial charge is 0.497 e. The number of nitro groups is 1. The van der Waals surface area contributed by atoms with E-state index < -0.39 is 44.8 Å². The second-order valence-electron chi connectivity index (χ2n) is 8.85. The number of rotatable bonds is 8. The van der Waals surface area contributed by atoms with Gasteiger partial charge in [-0.25, -0.2) is 18.0 Å². The Bertz CT molecular complexity index is 1500. The fourth-order valence-electron chi connectivity index (χ4n) is 4.58. The van der Waals surface area contributed by atoms with Crippen molar-refractivity contribution in [1.29, 1.82) is 0 Å². The van der Waals surface area contributed by atoms with Crippen molar-refractivity contribution in [2.75, 3.05) is 21.3 Å². The van der Waals surface area contributed by atoms with E-state index in [0.717, 1.165) is 31.9 Å². The average molecular weight is 571 g/mol. The van der Waals surface area contributed by atoms with Crippen LogP contribution in [0.25, 0.3) is 0 Å². The summed E-state index contributed by atoms with van der Waals surface area (Å²) in [5.74, 6) is -2.04. The van der Waals surface area contributed by atoms with E-state index in [1.54, 1.807) is 31.2 Å². The molecule has 1 aliphatic heterocycles. The fourth-order valence-corrected chi connectivity index (χ4v) is 6.34. The predicted octanol–water partition coefficient (Wildman–Crippen LogP) is 3.46. The number of aryl methyl sites for hydroxylation is 1. The van der Waals surface area contributed by atoms with Crippen molar-refractivity contribution in [3.63, 3.8) is 0 Å². The van der Waals surface area contributed by atoms with Gasteiger partial charge in [0.25, 0.3) is 11.2 Å². The van der Waals surface area contributed by atoms with Crippen LogP contribution >= 0.6 is 0 Å². The molecule has 12 nitrogen and oxygen atoms in total. The topological polar surface area (TPSA) is 152 Å². The van der Waals surface area contributed by atoms with Crippen molar-refractivity contribution in [3.8, 4) is 5.75 Å². The lowest BCUT2D eigenvalue weighted by molar-refractivity contribution is -0.384. The normalized spacial score (nSPS) is 18.6. The molecular weight excluding hydrogens is 544 g/mol. The highest BCUT2D eigenvalue weighted by Crippen LogP contribution is 2.53. The highest BCUT2D eigenvalue weighted by Gasteiger charge is 2.71. The minimum absolute atomic E-state index is 0.120. The highest BCUT2D eigenvalue weighted by molar-refractivity contribution is 7.89. The van der Waals surface area contributed by atoms with Gasteiger partial charge in [0.05, 0.1) is 31.1 Å². The second kappa shape index (κ2) is 11.0. The van der Waals surface area contributed by atoms with Crippen LogP contribution in [0.5, 0.6) is 5.75 Å². The third-order valence-corrected chi connectivity index (χ3v) is 8.45. The predicted molar refractivity (Wildman–Crippen MR) is 140 cm³/mol. The van der Waals surface area contributed by atoms with E-state index in [-0.39, 0.29) is 21.7 Å². The standard InChI is InChI=1S/C27H26N2O10S/c1-17-5-15-22(16-6-17)40(34,35)28-24(19-7-11-20(12-8-19)29(32)33)39-23(18-9-13-21(36-2)14-10-18)27(28,25(30)37-3)26(31)38-4/h5-16,23-24H,1-4H3/t23-,24+/m0/s1. The summed E-state index contributed by atoms with van der Waals surface area (Å²) in [6.45, 7) is 1.77. The lowest BCUT2D eigenvalue weighted by Crippen LogP contribution is -2.62. The number of nitro benzene ring substituents is 1. The SMILES string of the molecule is COC(=O)C1(C(=O)OC)[C@H](c2ccc(OC)cc2)O[C@H](c2ccc([N+](=O)[O-])cc2)N1S(=O)(=O)c1ccc(C)cc1. The lowest BCUT2D eigenvalue weighted by atomic mass is 9.88. The van der Waals surface area contributed by atoms with Crippen LogP contribution in [0.4, 0.5) is 5.69 Å². The smallest absolute Gasteiger partial charge is 0.342 e. The zero-order valence-electron chi connectivity index (χ0n) is 22.0. The summed E-state index contributed by atoms with van der Waals surface area (Å²) in [6, 6.07) is 16.8. The Morgan fingerprint density at radius 1 is 0.875 bits per heavy atom. The molecular formula is C27H26N2O10S. The number of benzene rings is 3. The van der Waals surface area contributed by atoms with Crippen molar-refractivity contribution >= 4 is 27.6 Å². The van der Waals surface area contributed by atoms with Crippen LogP contribution in [0.15, 0.2) is 77.7 Å². The van der Waals surface area contributed by atoms with Crippen LogP contribution in [-0.4, -0.2) is 56.5 Å². The molecule has 0 N–H and O–H groups in total. The van der Waals surface area contributed by atoms with Crippen molar-refractivity contribution in [3.05, 3.63) is 99.6 Å². The molecule has 1 heterocycles. The van der Waals surface area contributed by atoms with E-state index in [9.17, 15) is 28.1 Å². The molecule has 40 heavy (non-hydrogen) atoms. The molecule has 0 aromatic heterocycles. The number of hydrogen-bond acceptors (Lipinski definition) is 10. The summed E-state index contributed by atoms with van der Waals surface area (Å²) in [7, 11) is -1.23. The van der Waals surface area contributed by atoms with Crippen molar-refractivity contribution < 1.29 is 41.9 Å². The first-order valence-electron chi connectivity index (χ1n) is 11.8. The molecule has 0 bridgehead atoms. The number of methoxy groups -OCH3 is 3. The Hall–Kier alpha value is -4.33. The van der Waals surface area contributed by atoms with Crippen LogP contribution in [0.2, 0.25) is 0 Å². The summed E-state index contributed by atoms with van der Waals surface area (Å²) in [5.41, 5.74) is -1.81. The van der Waals surface area contributed by atoms with Gasteiger partial charge in [-0.3, -0.25) is 10.1 Å². The Labute approximate surface area is 230 Å². The summed E-state index contributed by atoms with van der Waals surface area (Å²) in [5, 5.41) is 11.3. The number of carbonyl (C=O) groups excluding carboxylic acids is 2. The summed E-state index contributed by atoms with van der Waals surface area (Å²) < 4.78 is 50.8. The Kier molecular flexibility index (Phi) is 7.91. The molecule has 0 amide bonds. The van der Waals surface area contributed by atoms with Crippen molar-refractivity contribution in [2.45, 2.75) is 29.7 Å². The molecule has 1 fully saturated rings. The van der Waals surface area contributed by atoms with Crippen LogP contribution in [0.1, 0.15) is 29.0 Å². The number of sulfonamides is 1. The first-order chi connectivity index (χ1) is 19.0. The quantitative estimate of drug-likeness (QED) is 0.170. The maximum atomic E-state index is 14.3. The molecule has 13 heteroatoms. The zero-order valence-corrected chi connectivity index (χ0v) is 22.8. The molecule has 4 rings (SSSR count). The van der Waals surface area contributed by atoms with Gasteiger partial charge in [0, 0.05) is 12.1 Å². The average Bonchev–Trinajstić information content (AvgIpc) is 3.34. The molecule has 3 aromatic carbocycles. The number of hydrogen-bond donors (Lipinski definition) is 0. The van der Waals surface area contributed by atoms with Gasteiger partial charge in [0.1, 0.15) is 11.9 Å². The number of esters is 2. The monoisotopic (exact) mass is 570 g/mol. The fraction of sp³-hybridized carbons (Fsp3) is 0.259. The van der Waals surface area contributed by atoms with Crippen LogP contribution in [-0.2, 0) is 33.8 Å². The van der Waals surface area contributed by atoms with Gasteiger partial charge in [0.15, 0.2) is 6.23 Å². The minimum atomic E-state index is -4.70.